The third-order valence-corrected chi connectivity index (χ3v) is 4.00. The molecule has 0 fully saturated rings. The molecule has 20 heavy (non-hydrogen) atoms. The summed E-state index contributed by atoms with van der Waals surface area (Å²) >= 11 is 0. The highest BCUT2D eigenvalue weighted by Crippen LogP contribution is 2.38. The van der Waals surface area contributed by atoms with Gasteiger partial charge < -0.3 is 9.84 Å². The number of benzene rings is 2. The average Bonchev–Trinajstić information content (AvgIpc) is 2.81. The lowest BCUT2D eigenvalue weighted by Gasteiger charge is -2.07. The fraction of sp³-hybridized carbons (Fsp3) is 0.333. The second-order valence-corrected chi connectivity index (χ2v) is 5.58. The van der Waals surface area contributed by atoms with E-state index in [2.05, 4.69) is 30.3 Å². The summed E-state index contributed by atoms with van der Waals surface area (Å²) in [5.74, 6) is 0.922. The zero-order chi connectivity index (χ0) is 14.1. The molecule has 2 nitrogen and oxygen atoms in total. The highest BCUT2D eigenvalue weighted by atomic mass is 16.5. The van der Waals surface area contributed by atoms with Gasteiger partial charge in [-0.3, -0.25) is 0 Å². The van der Waals surface area contributed by atoms with E-state index >= 15 is 0 Å². The van der Waals surface area contributed by atoms with Crippen molar-refractivity contribution in [3.63, 3.8) is 0 Å². The lowest BCUT2D eigenvalue weighted by molar-refractivity contribution is 0.185. The molecule has 0 aliphatic heterocycles. The second kappa shape index (κ2) is 5.29. The molecule has 1 N–H and O–H groups in total. The van der Waals surface area contributed by atoms with Crippen molar-refractivity contribution in [2.45, 2.75) is 32.3 Å². The van der Waals surface area contributed by atoms with Gasteiger partial charge in [-0.05, 0) is 66.1 Å². The topological polar surface area (TPSA) is 29.5 Å². The molecule has 1 atom stereocenters. The maximum absolute atomic E-state index is 9.39. The molecule has 1 unspecified atom stereocenters. The van der Waals surface area contributed by atoms with Crippen LogP contribution in [-0.2, 0) is 12.8 Å². The summed E-state index contributed by atoms with van der Waals surface area (Å²) in [6.07, 6.45) is 2.50. The minimum Gasteiger partial charge on any atom is -0.497 e. The molecule has 0 radical (unpaired) electrons. The third-order valence-electron chi connectivity index (χ3n) is 4.00. The van der Waals surface area contributed by atoms with Crippen molar-refractivity contribution in [2.24, 2.45) is 0 Å². The molecule has 2 heteroatoms. The van der Waals surface area contributed by atoms with Crippen LogP contribution < -0.4 is 4.74 Å². The number of aryl methyl sites for hydroxylation is 1. The van der Waals surface area contributed by atoms with Gasteiger partial charge in [0.2, 0.25) is 0 Å². The van der Waals surface area contributed by atoms with Crippen molar-refractivity contribution in [1.29, 1.82) is 0 Å². The highest BCUT2D eigenvalue weighted by molar-refractivity contribution is 5.77. The first-order valence-electron chi connectivity index (χ1n) is 7.14. The van der Waals surface area contributed by atoms with Crippen LogP contribution in [0.25, 0.3) is 11.1 Å². The van der Waals surface area contributed by atoms with E-state index in [4.69, 9.17) is 4.74 Å². The minimum absolute atomic E-state index is 0.232. The Morgan fingerprint density at radius 3 is 2.50 bits per heavy atom. The predicted octanol–water partition coefficient (Wildman–Crippen LogP) is 3.58. The maximum atomic E-state index is 9.39. The van der Waals surface area contributed by atoms with Crippen LogP contribution in [0.2, 0.25) is 0 Å². The third kappa shape index (κ3) is 2.44. The molecule has 0 saturated heterocycles. The lowest BCUT2D eigenvalue weighted by Crippen LogP contribution is -2.01. The van der Waals surface area contributed by atoms with Crippen molar-refractivity contribution in [1.82, 2.24) is 0 Å². The Balaban J connectivity index is 1.88. The quantitative estimate of drug-likeness (QED) is 0.783. The van der Waals surface area contributed by atoms with Crippen molar-refractivity contribution >= 4 is 0 Å². The molecule has 2 aromatic rings. The first kappa shape index (κ1) is 13.2. The molecule has 0 spiro atoms. The fourth-order valence-electron chi connectivity index (χ4n) is 2.90. The maximum Gasteiger partial charge on any atom is 0.119 e. The minimum atomic E-state index is -0.232. The number of aliphatic hydroxyl groups excluding tert-OH is 1. The van der Waals surface area contributed by atoms with Gasteiger partial charge in [0.05, 0.1) is 13.2 Å². The summed E-state index contributed by atoms with van der Waals surface area (Å²) in [6, 6.07) is 13.0. The monoisotopic (exact) mass is 268 g/mol. The van der Waals surface area contributed by atoms with Gasteiger partial charge in [-0.25, -0.2) is 0 Å². The number of hydrogen-bond donors (Lipinski definition) is 1. The Hall–Kier alpha value is -1.80. The Morgan fingerprint density at radius 2 is 1.80 bits per heavy atom. The molecule has 0 heterocycles. The van der Waals surface area contributed by atoms with Crippen LogP contribution in [0, 0.1) is 0 Å². The first-order chi connectivity index (χ1) is 9.67. The number of hydrogen-bond acceptors (Lipinski definition) is 2. The Bertz CT molecular complexity index is 629. The molecule has 0 aromatic heterocycles. The summed E-state index contributed by atoms with van der Waals surface area (Å²) in [5, 5.41) is 9.39. The second-order valence-electron chi connectivity index (χ2n) is 5.58. The molecule has 0 bridgehead atoms. The summed E-state index contributed by atoms with van der Waals surface area (Å²) in [7, 11) is 1.71. The van der Waals surface area contributed by atoms with Gasteiger partial charge in [0, 0.05) is 0 Å². The summed E-state index contributed by atoms with van der Waals surface area (Å²) in [5.41, 5.74) is 6.69. The van der Waals surface area contributed by atoms with E-state index in [1.165, 1.54) is 27.8 Å². The van der Waals surface area contributed by atoms with Gasteiger partial charge in [0.15, 0.2) is 0 Å². The van der Waals surface area contributed by atoms with Crippen LogP contribution in [0.4, 0.5) is 0 Å². The molecule has 0 amide bonds. The molecule has 1 aliphatic carbocycles. The van der Waals surface area contributed by atoms with Gasteiger partial charge in [-0.15, -0.1) is 0 Å². The first-order valence-corrected chi connectivity index (χ1v) is 7.14. The van der Waals surface area contributed by atoms with Crippen LogP contribution in [0.15, 0.2) is 36.4 Å². The lowest BCUT2D eigenvalue weighted by atomic mass is 10.0. The summed E-state index contributed by atoms with van der Waals surface area (Å²) in [6.45, 7) is 1.84. The van der Waals surface area contributed by atoms with E-state index in [0.29, 0.717) is 0 Å². The fourth-order valence-corrected chi connectivity index (χ4v) is 2.90. The van der Waals surface area contributed by atoms with Crippen molar-refractivity contribution in [3.8, 4) is 16.9 Å². The molecule has 3 rings (SSSR count). The van der Waals surface area contributed by atoms with Crippen LogP contribution in [0.3, 0.4) is 0 Å². The summed E-state index contributed by atoms with van der Waals surface area (Å²) in [4.78, 5) is 0. The van der Waals surface area contributed by atoms with Gasteiger partial charge >= 0.3 is 0 Å². The predicted molar refractivity (Wildman–Crippen MR) is 81.2 cm³/mol. The van der Waals surface area contributed by atoms with Crippen LogP contribution in [0.1, 0.15) is 30.0 Å². The van der Waals surface area contributed by atoms with Gasteiger partial charge in [0.1, 0.15) is 5.75 Å². The number of fused-ring (bicyclic) bond motifs is 3. The Kier molecular flexibility index (Phi) is 3.49. The van der Waals surface area contributed by atoms with E-state index in [1.807, 2.05) is 13.0 Å². The number of aliphatic hydroxyl groups is 1. The summed E-state index contributed by atoms with van der Waals surface area (Å²) < 4.78 is 5.30. The van der Waals surface area contributed by atoms with Crippen molar-refractivity contribution < 1.29 is 9.84 Å². The number of methoxy groups -OCH3 is 1. The SMILES string of the molecule is COc1ccc2c(c1)Cc1cc(CCC(C)O)ccc1-2. The molecular formula is C18H20O2. The number of rotatable bonds is 4. The molecule has 1 aliphatic rings. The van der Waals surface area contributed by atoms with Crippen molar-refractivity contribution in [3.05, 3.63) is 53.1 Å². The van der Waals surface area contributed by atoms with Crippen LogP contribution in [0.5, 0.6) is 5.75 Å². The standard InChI is InChI=1S/C18H20O2/c1-12(19)3-4-13-5-7-17-14(9-13)10-15-11-16(20-2)6-8-18(15)17/h5-9,11-12,19H,3-4,10H2,1-2H3. The van der Waals surface area contributed by atoms with E-state index in [1.54, 1.807) is 7.11 Å². The van der Waals surface area contributed by atoms with E-state index < -0.39 is 0 Å². The molecule has 0 saturated carbocycles. The number of ether oxygens (including phenoxy) is 1. The molecular weight excluding hydrogens is 248 g/mol. The largest absolute Gasteiger partial charge is 0.497 e. The molecule has 104 valence electrons. The van der Waals surface area contributed by atoms with Crippen LogP contribution in [-0.4, -0.2) is 18.3 Å². The van der Waals surface area contributed by atoms with E-state index in [0.717, 1.165) is 25.0 Å². The zero-order valence-corrected chi connectivity index (χ0v) is 12.0. The smallest absolute Gasteiger partial charge is 0.119 e. The van der Waals surface area contributed by atoms with Gasteiger partial charge in [-0.1, -0.05) is 24.3 Å². The Labute approximate surface area is 120 Å². The zero-order valence-electron chi connectivity index (χ0n) is 12.0. The Morgan fingerprint density at radius 1 is 1.10 bits per heavy atom. The van der Waals surface area contributed by atoms with Gasteiger partial charge in [0.25, 0.3) is 0 Å². The average molecular weight is 268 g/mol. The normalized spacial score (nSPS) is 13.8. The van der Waals surface area contributed by atoms with Crippen LogP contribution >= 0.6 is 0 Å². The van der Waals surface area contributed by atoms with Gasteiger partial charge in [-0.2, -0.15) is 0 Å². The van der Waals surface area contributed by atoms with E-state index in [-0.39, 0.29) is 6.10 Å². The van der Waals surface area contributed by atoms with E-state index in [9.17, 15) is 5.11 Å². The highest BCUT2D eigenvalue weighted by Gasteiger charge is 2.19. The molecule has 2 aromatic carbocycles. The van der Waals surface area contributed by atoms with Crippen molar-refractivity contribution in [2.75, 3.05) is 7.11 Å².